The number of allylic oxidation sites excluding steroid dienone is 1. The summed E-state index contributed by atoms with van der Waals surface area (Å²) in [4.78, 5) is 21.1. The molecule has 74 valence electrons. The van der Waals surface area contributed by atoms with Crippen molar-refractivity contribution in [1.29, 1.82) is 0 Å². The minimum atomic E-state index is -1.03. The summed E-state index contributed by atoms with van der Waals surface area (Å²) in [6, 6.07) is 0. The molecule has 2 N–H and O–H groups in total. The van der Waals surface area contributed by atoms with Gasteiger partial charge in [0.15, 0.2) is 0 Å². The Labute approximate surface area is 84.9 Å². The Morgan fingerprint density at radius 1 is 1.71 bits per heavy atom. The van der Waals surface area contributed by atoms with Crippen molar-refractivity contribution in [3.8, 4) is 0 Å². The molecule has 0 bridgehead atoms. The lowest BCUT2D eigenvalue weighted by Crippen LogP contribution is -2.03. The van der Waals surface area contributed by atoms with Gasteiger partial charge in [-0.25, -0.2) is 4.79 Å². The number of amides is 1. The smallest absolute Gasteiger partial charge is 0.339 e. The predicted octanol–water partition coefficient (Wildman–Crippen LogP) is 1.74. The van der Waals surface area contributed by atoms with E-state index in [-0.39, 0.29) is 5.56 Å². The molecule has 1 rings (SSSR count). The number of carboxylic acids is 1. The number of aromatic carboxylic acids is 1. The van der Waals surface area contributed by atoms with Crippen molar-refractivity contribution < 1.29 is 14.7 Å². The fraction of sp³-hybridized carbons (Fsp3) is 0.111. The van der Waals surface area contributed by atoms with Crippen molar-refractivity contribution in [2.24, 2.45) is 0 Å². The van der Waals surface area contributed by atoms with Gasteiger partial charge in [-0.1, -0.05) is 6.08 Å². The molecule has 0 spiro atoms. The zero-order valence-electron chi connectivity index (χ0n) is 7.32. The number of nitrogens with one attached hydrogen (secondary N) is 1. The third-order valence-corrected chi connectivity index (χ3v) is 2.60. The Morgan fingerprint density at radius 3 is 2.93 bits per heavy atom. The van der Waals surface area contributed by atoms with Gasteiger partial charge in [-0.05, 0) is 17.4 Å². The second-order valence-corrected chi connectivity index (χ2v) is 3.40. The van der Waals surface area contributed by atoms with Gasteiger partial charge in [0.05, 0.1) is 5.56 Å². The Kier molecular flexibility index (Phi) is 3.41. The van der Waals surface area contributed by atoms with Crippen molar-refractivity contribution >= 4 is 28.7 Å². The molecule has 0 radical (unpaired) electrons. The Morgan fingerprint density at radius 2 is 2.43 bits per heavy atom. The topological polar surface area (TPSA) is 66.4 Å². The number of carbonyl (C=O) groups is 2. The van der Waals surface area contributed by atoms with Gasteiger partial charge in [0.2, 0.25) is 6.41 Å². The molecule has 0 atom stereocenters. The molecule has 0 saturated carbocycles. The summed E-state index contributed by atoms with van der Waals surface area (Å²) >= 11 is 1.20. The molecule has 0 aromatic carbocycles. The van der Waals surface area contributed by atoms with Gasteiger partial charge in [-0.15, -0.1) is 17.9 Å². The van der Waals surface area contributed by atoms with Gasteiger partial charge in [0, 0.05) is 0 Å². The maximum Gasteiger partial charge on any atom is 0.339 e. The molecule has 1 heterocycles. The summed E-state index contributed by atoms with van der Waals surface area (Å²) in [5, 5.41) is 13.3. The molecule has 1 aromatic heterocycles. The van der Waals surface area contributed by atoms with E-state index < -0.39 is 5.97 Å². The van der Waals surface area contributed by atoms with E-state index in [9.17, 15) is 9.59 Å². The number of hydrogen-bond donors (Lipinski definition) is 2. The average Bonchev–Trinajstić information content (AvgIpc) is 2.49. The number of carboxylic acid groups (broad SMARTS) is 1. The van der Waals surface area contributed by atoms with E-state index in [0.717, 1.165) is 0 Å². The summed E-state index contributed by atoms with van der Waals surface area (Å²) in [6.45, 7) is 3.53. The highest BCUT2D eigenvalue weighted by Crippen LogP contribution is 2.28. The van der Waals surface area contributed by atoms with Crippen LogP contribution in [-0.4, -0.2) is 17.5 Å². The van der Waals surface area contributed by atoms with Crippen LogP contribution in [0.25, 0.3) is 0 Å². The molecule has 0 aliphatic heterocycles. The molecule has 5 heteroatoms. The summed E-state index contributed by atoms with van der Waals surface area (Å²) < 4.78 is 0. The first-order valence-electron chi connectivity index (χ1n) is 3.85. The van der Waals surface area contributed by atoms with E-state index in [2.05, 4.69) is 11.9 Å². The van der Waals surface area contributed by atoms with Crippen molar-refractivity contribution in [3.05, 3.63) is 29.2 Å². The van der Waals surface area contributed by atoms with Crippen LogP contribution in [-0.2, 0) is 11.2 Å². The van der Waals surface area contributed by atoms with Crippen molar-refractivity contribution in [2.45, 2.75) is 6.42 Å². The van der Waals surface area contributed by atoms with E-state index in [1.807, 2.05) is 0 Å². The average molecular weight is 211 g/mol. The van der Waals surface area contributed by atoms with Crippen molar-refractivity contribution in [2.75, 3.05) is 5.32 Å². The zero-order valence-corrected chi connectivity index (χ0v) is 8.13. The van der Waals surface area contributed by atoms with E-state index >= 15 is 0 Å². The van der Waals surface area contributed by atoms with Crippen LogP contribution >= 0.6 is 11.3 Å². The molecular weight excluding hydrogens is 202 g/mol. The Balaban J connectivity index is 3.12. The van der Waals surface area contributed by atoms with Gasteiger partial charge < -0.3 is 10.4 Å². The molecule has 1 amide bonds. The van der Waals surface area contributed by atoms with Crippen LogP contribution in [0.1, 0.15) is 15.9 Å². The maximum absolute atomic E-state index is 10.9. The molecule has 14 heavy (non-hydrogen) atoms. The van der Waals surface area contributed by atoms with Crippen LogP contribution < -0.4 is 5.32 Å². The first kappa shape index (κ1) is 10.5. The van der Waals surface area contributed by atoms with E-state index in [0.29, 0.717) is 23.4 Å². The van der Waals surface area contributed by atoms with Crippen LogP contribution in [0.4, 0.5) is 5.00 Å². The fourth-order valence-electron chi connectivity index (χ4n) is 1.09. The number of hydrogen-bond acceptors (Lipinski definition) is 3. The fourth-order valence-corrected chi connectivity index (χ4v) is 2.02. The summed E-state index contributed by atoms with van der Waals surface area (Å²) in [6.07, 6.45) is 2.58. The summed E-state index contributed by atoms with van der Waals surface area (Å²) in [5.41, 5.74) is 0.823. The monoisotopic (exact) mass is 211 g/mol. The number of thiophene rings is 1. The van der Waals surface area contributed by atoms with Crippen molar-refractivity contribution in [1.82, 2.24) is 0 Å². The normalized spacial score (nSPS) is 9.43. The van der Waals surface area contributed by atoms with Crippen molar-refractivity contribution in [3.63, 3.8) is 0 Å². The minimum Gasteiger partial charge on any atom is -0.478 e. The van der Waals surface area contributed by atoms with Crippen LogP contribution in [0.15, 0.2) is 18.0 Å². The maximum atomic E-state index is 10.9. The standard InChI is InChI=1S/C9H9NO3S/c1-2-3-6-4-14-8(10-5-11)7(6)9(12)13/h2,4-5H,1,3H2,(H,10,11)(H,12,13). The van der Waals surface area contributed by atoms with Crippen LogP contribution in [0, 0.1) is 0 Å². The highest BCUT2D eigenvalue weighted by molar-refractivity contribution is 7.15. The number of anilines is 1. The van der Waals surface area contributed by atoms with Crippen LogP contribution in [0.5, 0.6) is 0 Å². The lowest BCUT2D eigenvalue weighted by molar-refractivity contribution is -0.105. The van der Waals surface area contributed by atoms with Gasteiger partial charge in [0.25, 0.3) is 0 Å². The molecule has 4 nitrogen and oxygen atoms in total. The predicted molar refractivity (Wildman–Crippen MR) is 54.9 cm³/mol. The lowest BCUT2D eigenvalue weighted by atomic mass is 10.1. The third-order valence-electron chi connectivity index (χ3n) is 1.64. The SMILES string of the molecule is C=CCc1csc(NC=O)c1C(=O)O. The van der Waals surface area contributed by atoms with E-state index in [4.69, 9.17) is 5.11 Å². The third kappa shape index (κ3) is 2.00. The first-order chi connectivity index (χ1) is 6.70. The minimum absolute atomic E-state index is 0.155. The van der Waals surface area contributed by atoms with Gasteiger partial charge in [0.1, 0.15) is 5.00 Å². The first-order valence-corrected chi connectivity index (χ1v) is 4.73. The van der Waals surface area contributed by atoms with Crippen LogP contribution in [0.3, 0.4) is 0 Å². The largest absolute Gasteiger partial charge is 0.478 e. The number of rotatable bonds is 5. The highest BCUT2D eigenvalue weighted by atomic mass is 32.1. The molecule has 0 unspecified atom stereocenters. The Bertz CT molecular complexity index is 343. The highest BCUT2D eigenvalue weighted by Gasteiger charge is 2.16. The molecule has 0 fully saturated rings. The summed E-state index contributed by atoms with van der Waals surface area (Å²) in [7, 11) is 0. The van der Waals surface area contributed by atoms with E-state index in [1.54, 1.807) is 11.5 Å². The van der Waals surface area contributed by atoms with Crippen LogP contribution in [0.2, 0.25) is 0 Å². The van der Waals surface area contributed by atoms with Gasteiger partial charge >= 0.3 is 5.97 Å². The quantitative estimate of drug-likeness (QED) is 0.576. The van der Waals surface area contributed by atoms with Gasteiger partial charge in [-0.2, -0.15) is 0 Å². The molecule has 1 aromatic rings. The second kappa shape index (κ2) is 4.57. The summed E-state index contributed by atoms with van der Waals surface area (Å²) in [5.74, 6) is -1.03. The lowest BCUT2D eigenvalue weighted by Gasteiger charge is -1.98. The molecule has 0 aliphatic carbocycles. The second-order valence-electron chi connectivity index (χ2n) is 2.53. The molecule has 0 aliphatic rings. The van der Waals surface area contributed by atoms with E-state index in [1.165, 1.54) is 11.3 Å². The molecular formula is C9H9NO3S. The number of carbonyl (C=O) groups excluding carboxylic acids is 1. The zero-order chi connectivity index (χ0) is 10.6. The Hall–Kier alpha value is -1.62. The van der Waals surface area contributed by atoms with Gasteiger partial charge in [-0.3, -0.25) is 4.79 Å². The molecule has 0 saturated heterocycles.